The fourth-order valence-corrected chi connectivity index (χ4v) is 1.82. The molecule has 3 nitrogen and oxygen atoms in total. The first kappa shape index (κ1) is 12.4. The van der Waals surface area contributed by atoms with E-state index in [1.54, 1.807) is 7.11 Å². The summed E-state index contributed by atoms with van der Waals surface area (Å²) in [4.78, 5) is 4.90. The molecule has 0 bridgehead atoms. The van der Waals surface area contributed by atoms with E-state index in [9.17, 15) is 0 Å². The van der Waals surface area contributed by atoms with Crippen LogP contribution in [-0.2, 0) is 11.4 Å². The van der Waals surface area contributed by atoms with E-state index in [4.69, 9.17) is 9.57 Å². The second-order valence-corrected chi connectivity index (χ2v) is 4.78. The van der Waals surface area contributed by atoms with Gasteiger partial charge in [0.2, 0.25) is 0 Å². The molecule has 0 spiro atoms. The van der Waals surface area contributed by atoms with Gasteiger partial charge >= 0.3 is 0 Å². The van der Waals surface area contributed by atoms with Crippen molar-refractivity contribution in [2.75, 3.05) is 13.7 Å². The Morgan fingerprint density at radius 2 is 2.06 bits per heavy atom. The van der Waals surface area contributed by atoms with Crippen molar-refractivity contribution in [1.82, 2.24) is 5.48 Å². The molecule has 1 aromatic carbocycles. The summed E-state index contributed by atoms with van der Waals surface area (Å²) < 4.78 is 5.97. The fourth-order valence-electron chi connectivity index (χ4n) is 1.82. The zero-order valence-corrected chi connectivity index (χ0v) is 10.9. The molecular weight excluding hydrogens is 214 g/mol. The quantitative estimate of drug-likeness (QED) is 0.769. The van der Waals surface area contributed by atoms with E-state index >= 15 is 0 Å². The van der Waals surface area contributed by atoms with Gasteiger partial charge in [0.15, 0.2) is 0 Å². The zero-order valence-electron chi connectivity index (χ0n) is 10.9. The smallest absolute Gasteiger partial charge is 0.127 e. The molecule has 0 amide bonds. The van der Waals surface area contributed by atoms with Gasteiger partial charge < -0.3 is 9.57 Å². The molecule has 0 unspecified atom stereocenters. The van der Waals surface area contributed by atoms with E-state index < -0.39 is 0 Å². The van der Waals surface area contributed by atoms with Gasteiger partial charge in [-0.1, -0.05) is 12.1 Å². The topological polar surface area (TPSA) is 30.5 Å². The lowest BCUT2D eigenvalue weighted by Gasteiger charge is -2.16. The van der Waals surface area contributed by atoms with Gasteiger partial charge in [0.25, 0.3) is 0 Å². The van der Waals surface area contributed by atoms with Gasteiger partial charge in [0.1, 0.15) is 5.75 Å². The summed E-state index contributed by atoms with van der Waals surface area (Å²) in [5.41, 5.74) is 6.55. The number of ether oxygens (including phenoxy) is 1. The predicted octanol–water partition coefficient (Wildman–Crippen LogP) is 2.74. The van der Waals surface area contributed by atoms with E-state index in [0.717, 1.165) is 23.8 Å². The largest absolute Gasteiger partial charge is 0.493 e. The maximum absolute atomic E-state index is 5.97. The Hall–Kier alpha value is -1.06. The second kappa shape index (κ2) is 5.52. The Morgan fingerprint density at radius 1 is 1.29 bits per heavy atom. The van der Waals surface area contributed by atoms with Gasteiger partial charge in [-0.3, -0.25) is 0 Å². The maximum Gasteiger partial charge on any atom is 0.127 e. The summed E-state index contributed by atoms with van der Waals surface area (Å²) >= 11 is 0. The molecule has 0 aromatic heterocycles. The molecule has 0 radical (unpaired) electrons. The molecule has 1 saturated carbocycles. The number of nitrogens with one attached hydrogen (secondary N) is 1. The van der Waals surface area contributed by atoms with Crippen molar-refractivity contribution in [1.29, 1.82) is 0 Å². The molecule has 1 aromatic rings. The Labute approximate surface area is 103 Å². The minimum Gasteiger partial charge on any atom is -0.493 e. The van der Waals surface area contributed by atoms with Gasteiger partial charge in [-0.15, -0.1) is 0 Å². The molecule has 1 fully saturated rings. The minimum absolute atomic E-state index is 0.678. The van der Waals surface area contributed by atoms with Gasteiger partial charge in [-0.2, -0.15) is 5.48 Å². The third-order valence-corrected chi connectivity index (χ3v) is 3.33. The fraction of sp³-hybridized carbons (Fsp3) is 0.571. The van der Waals surface area contributed by atoms with Gasteiger partial charge in [0.05, 0.1) is 13.7 Å². The highest BCUT2D eigenvalue weighted by Gasteiger charge is 2.23. The van der Waals surface area contributed by atoms with Crippen LogP contribution in [-0.4, -0.2) is 13.7 Å². The van der Waals surface area contributed by atoms with Crippen molar-refractivity contribution in [3.63, 3.8) is 0 Å². The van der Waals surface area contributed by atoms with Crippen LogP contribution in [0.3, 0.4) is 0 Å². The summed E-state index contributed by atoms with van der Waals surface area (Å²) in [7, 11) is 1.63. The highest BCUT2D eigenvalue weighted by atomic mass is 16.6. The Morgan fingerprint density at radius 3 is 2.71 bits per heavy atom. The maximum atomic E-state index is 5.97. The third kappa shape index (κ3) is 3.20. The molecule has 0 saturated heterocycles. The summed E-state index contributed by atoms with van der Waals surface area (Å²) in [6, 6.07) is 4.24. The number of hydrogen-bond donors (Lipinski definition) is 1. The monoisotopic (exact) mass is 235 g/mol. The Bertz CT molecular complexity index is 386. The number of benzene rings is 1. The van der Waals surface area contributed by atoms with Crippen LogP contribution in [0.25, 0.3) is 0 Å². The molecule has 94 valence electrons. The van der Waals surface area contributed by atoms with Crippen LogP contribution in [0.4, 0.5) is 0 Å². The highest BCUT2D eigenvalue weighted by molar-refractivity contribution is 5.45. The lowest BCUT2D eigenvalue weighted by atomic mass is 10.0. The van der Waals surface area contributed by atoms with Crippen molar-refractivity contribution in [3.8, 4) is 5.75 Å². The lowest BCUT2D eigenvalue weighted by molar-refractivity contribution is 0.0858. The predicted molar refractivity (Wildman–Crippen MR) is 68.0 cm³/mol. The van der Waals surface area contributed by atoms with Crippen molar-refractivity contribution in [2.24, 2.45) is 5.92 Å². The average Bonchev–Trinajstić information content (AvgIpc) is 3.13. The van der Waals surface area contributed by atoms with Crippen LogP contribution < -0.4 is 10.2 Å². The average molecular weight is 235 g/mol. The summed E-state index contributed by atoms with van der Waals surface area (Å²) in [5, 5.41) is 0. The molecule has 0 atom stereocenters. The van der Waals surface area contributed by atoms with Crippen LogP contribution in [0.5, 0.6) is 5.75 Å². The van der Waals surface area contributed by atoms with E-state index in [1.807, 2.05) is 0 Å². The second-order valence-electron chi connectivity index (χ2n) is 4.78. The molecule has 0 aliphatic heterocycles. The minimum atomic E-state index is 0.678. The van der Waals surface area contributed by atoms with Crippen LogP contribution in [0, 0.1) is 19.8 Å². The van der Waals surface area contributed by atoms with Crippen LogP contribution in [0.2, 0.25) is 0 Å². The zero-order chi connectivity index (χ0) is 12.3. The summed E-state index contributed by atoms with van der Waals surface area (Å²) in [6.45, 7) is 5.77. The first-order chi connectivity index (χ1) is 8.22. The van der Waals surface area contributed by atoms with E-state index in [1.165, 1.54) is 24.0 Å². The number of hydrogen-bond acceptors (Lipinski definition) is 3. The number of hydroxylamine groups is 1. The molecule has 1 aliphatic rings. The molecule has 1 N–H and O–H groups in total. The van der Waals surface area contributed by atoms with Crippen LogP contribution in [0.1, 0.15) is 29.5 Å². The number of aryl methyl sites for hydroxylation is 1. The van der Waals surface area contributed by atoms with Gasteiger partial charge in [-0.25, -0.2) is 0 Å². The third-order valence-electron chi connectivity index (χ3n) is 3.33. The Kier molecular flexibility index (Phi) is 4.02. The van der Waals surface area contributed by atoms with Crippen molar-refractivity contribution < 1.29 is 9.57 Å². The van der Waals surface area contributed by atoms with Crippen LogP contribution in [0.15, 0.2) is 12.1 Å². The molecule has 2 rings (SSSR count). The number of rotatable bonds is 6. The van der Waals surface area contributed by atoms with Crippen LogP contribution >= 0.6 is 0 Å². The molecule has 3 heteroatoms. The molecule has 0 heterocycles. The van der Waals surface area contributed by atoms with Crippen molar-refractivity contribution >= 4 is 0 Å². The molecule has 17 heavy (non-hydrogen) atoms. The summed E-state index contributed by atoms with van der Waals surface area (Å²) in [5.74, 6) is 1.81. The SMILES string of the molecule is CONCc1ccc(C)c(C)c1OCC1CC1. The normalized spacial score (nSPS) is 15.0. The van der Waals surface area contributed by atoms with Gasteiger partial charge in [-0.05, 0) is 43.7 Å². The standard InChI is InChI=1S/C14H21NO2/c1-10-4-7-13(8-15-16-3)14(11(10)2)17-9-12-5-6-12/h4,7,12,15H,5-6,8-9H2,1-3H3. The first-order valence-corrected chi connectivity index (χ1v) is 6.20. The van der Waals surface area contributed by atoms with E-state index in [2.05, 4.69) is 31.5 Å². The summed E-state index contributed by atoms with van der Waals surface area (Å²) in [6.07, 6.45) is 2.63. The first-order valence-electron chi connectivity index (χ1n) is 6.20. The highest BCUT2D eigenvalue weighted by Crippen LogP contribution is 2.32. The van der Waals surface area contributed by atoms with Gasteiger partial charge in [0, 0.05) is 12.1 Å². The molecule has 1 aliphatic carbocycles. The van der Waals surface area contributed by atoms with E-state index in [0.29, 0.717) is 6.54 Å². The van der Waals surface area contributed by atoms with E-state index in [-0.39, 0.29) is 0 Å². The van der Waals surface area contributed by atoms with Crippen molar-refractivity contribution in [3.05, 3.63) is 28.8 Å². The lowest BCUT2D eigenvalue weighted by Crippen LogP contribution is -2.13. The molecular formula is C14H21NO2. The Balaban J connectivity index is 2.13. The van der Waals surface area contributed by atoms with Crippen molar-refractivity contribution in [2.45, 2.75) is 33.2 Å².